The minimum atomic E-state index is -0.523. The number of carbonyl (C=O) groups is 1. The molecule has 4 aliphatic rings. The van der Waals surface area contributed by atoms with Crippen LogP contribution in [0, 0.1) is 5.92 Å². The number of hydrogen-bond donors (Lipinski definition) is 1. The van der Waals surface area contributed by atoms with Gasteiger partial charge in [0, 0.05) is 42.0 Å². The first-order valence-corrected chi connectivity index (χ1v) is 14.6. The van der Waals surface area contributed by atoms with Gasteiger partial charge < -0.3 is 15.2 Å². The molecule has 7 heteroatoms. The molecule has 2 aliphatic heterocycles. The highest BCUT2D eigenvalue weighted by molar-refractivity contribution is 6.08. The highest BCUT2D eigenvalue weighted by Gasteiger charge is 2.48. The van der Waals surface area contributed by atoms with E-state index >= 15 is 0 Å². The molecule has 2 bridgehead atoms. The molecule has 2 N–H and O–H groups in total. The summed E-state index contributed by atoms with van der Waals surface area (Å²) in [5.41, 5.74) is 11.6. The number of amides is 1. The number of fused-ring (bicyclic) bond motifs is 4. The molecule has 1 saturated heterocycles. The Labute approximate surface area is 225 Å². The molecule has 7 rings (SSSR count). The average molecular weight is 513 g/mol. The number of aromatic nitrogens is 3. The molecule has 0 unspecified atom stereocenters. The van der Waals surface area contributed by atoms with Crippen LogP contribution in [0.2, 0.25) is 0 Å². The molecule has 7 nitrogen and oxygen atoms in total. The maximum absolute atomic E-state index is 13.8. The Balaban J connectivity index is 1.19. The van der Waals surface area contributed by atoms with Gasteiger partial charge in [0.05, 0.1) is 23.0 Å². The molecule has 1 aromatic carbocycles. The molecule has 200 valence electrons. The number of rotatable bonds is 4. The first-order valence-electron chi connectivity index (χ1n) is 14.6. The van der Waals surface area contributed by atoms with Crippen molar-refractivity contribution in [2.45, 2.75) is 102 Å². The van der Waals surface area contributed by atoms with Crippen molar-refractivity contribution in [1.29, 1.82) is 0 Å². The van der Waals surface area contributed by atoms with Crippen LogP contribution in [0.15, 0.2) is 30.6 Å². The normalized spacial score (nSPS) is 28.7. The summed E-state index contributed by atoms with van der Waals surface area (Å²) in [4.78, 5) is 28.2. The minimum absolute atomic E-state index is 0.229. The van der Waals surface area contributed by atoms with Gasteiger partial charge in [-0.15, -0.1) is 0 Å². The molecule has 38 heavy (non-hydrogen) atoms. The van der Waals surface area contributed by atoms with Crippen LogP contribution in [-0.4, -0.2) is 50.0 Å². The monoisotopic (exact) mass is 512 g/mol. The summed E-state index contributed by atoms with van der Waals surface area (Å²) < 4.78 is 2.07. The van der Waals surface area contributed by atoms with Crippen molar-refractivity contribution < 1.29 is 4.79 Å². The highest BCUT2D eigenvalue weighted by Crippen LogP contribution is 2.47. The number of nitrogens with two attached hydrogens (primary N) is 1. The van der Waals surface area contributed by atoms with E-state index in [1.54, 1.807) is 0 Å². The second kappa shape index (κ2) is 8.54. The summed E-state index contributed by atoms with van der Waals surface area (Å²) in [6, 6.07) is 10.4. The van der Waals surface area contributed by atoms with Gasteiger partial charge in [-0.2, -0.15) is 0 Å². The third kappa shape index (κ3) is 3.54. The number of nitrogens with zero attached hydrogens (tertiary/aromatic N) is 5. The number of hydrogen-bond acceptors (Lipinski definition) is 5. The number of benzene rings is 1. The zero-order valence-electron chi connectivity index (χ0n) is 23.2. The van der Waals surface area contributed by atoms with Gasteiger partial charge in [-0.05, 0) is 96.3 Å². The van der Waals surface area contributed by atoms with Crippen LogP contribution in [0.3, 0.4) is 0 Å². The van der Waals surface area contributed by atoms with Crippen molar-refractivity contribution in [2.75, 3.05) is 17.2 Å². The van der Waals surface area contributed by atoms with Crippen molar-refractivity contribution in [3.05, 3.63) is 36.2 Å². The van der Waals surface area contributed by atoms with Gasteiger partial charge in [0.15, 0.2) is 0 Å². The van der Waals surface area contributed by atoms with Crippen molar-refractivity contribution >= 4 is 28.4 Å². The molecule has 2 atom stereocenters. The Hall–Kier alpha value is -2.93. The van der Waals surface area contributed by atoms with Gasteiger partial charge in [-0.3, -0.25) is 9.69 Å². The molecule has 4 heterocycles. The van der Waals surface area contributed by atoms with E-state index in [4.69, 9.17) is 10.7 Å². The maximum atomic E-state index is 13.8. The van der Waals surface area contributed by atoms with Gasteiger partial charge in [0.25, 0.3) is 0 Å². The number of likely N-dealkylation sites (tertiary alicyclic amines) is 1. The molecule has 1 amide bonds. The molecule has 0 spiro atoms. The Morgan fingerprint density at radius 2 is 1.74 bits per heavy atom. The van der Waals surface area contributed by atoms with Crippen LogP contribution in [0.4, 0.5) is 11.5 Å². The van der Waals surface area contributed by atoms with E-state index in [1.165, 1.54) is 38.6 Å². The number of nitrogen functional groups attached to an aromatic ring is 1. The fourth-order valence-corrected chi connectivity index (χ4v) is 7.99. The topological polar surface area (TPSA) is 80.3 Å². The lowest BCUT2D eigenvalue weighted by Crippen LogP contribution is -2.49. The van der Waals surface area contributed by atoms with Crippen LogP contribution >= 0.6 is 0 Å². The first-order chi connectivity index (χ1) is 18.2. The SMILES string of the molecule is CC(C)n1cnc2cc(-c3ccc4c(c3)N(C3CCC(N5C[C@H]6CC[C@@H]5C6)CC3)C(=O)C4(C)C)nc(N)c21. The second-order valence-corrected chi connectivity index (χ2v) is 13.0. The van der Waals surface area contributed by atoms with Crippen LogP contribution in [0.1, 0.15) is 84.2 Å². The summed E-state index contributed by atoms with van der Waals surface area (Å²) in [5, 5.41) is 0. The van der Waals surface area contributed by atoms with Crippen LogP contribution in [-0.2, 0) is 10.2 Å². The van der Waals surface area contributed by atoms with E-state index in [0.29, 0.717) is 11.9 Å². The van der Waals surface area contributed by atoms with Crippen LogP contribution in [0.5, 0.6) is 0 Å². The smallest absolute Gasteiger partial charge is 0.237 e. The quantitative estimate of drug-likeness (QED) is 0.486. The van der Waals surface area contributed by atoms with Gasteiger partial charge >= 0.3 is 0 Å². The molecular weight excluding hydrogens is 472 g/mol. The maximum Gasteiger partial charge on any atom is 0.237 e. The molecule has 3 aromatic rings. The fraction of sp³-hybridized carbons (Fsp3) is 0.581. The Bertz CT molecular complexity index is 1420. The second-order valence-electron chi connectivity index (χ2n) is 13.0. The Morgan fingerprint density at radius 1 is 1.00 bits per heavy atom. The van der Waals surface area contributed by atoms with E-state index in [9.17, 15) is 4.79 Å². The van der Waals surface area contributed by atoms with Crippen molar-refractivity contribution in [3.8, 4) is 11.3 Å². The van der Waals surface area contributed by atoms with E-state index in [2.05, 4.69) is 65.2 Å². The lowest BCUT2D eigenvalue weighted by molar-refractivity contribution is -0.122. The fourth-order valence-electron chi connectivity index (χ4n) is 7.99. The number of imidazole rings is 1. The van der Waals surface area contributed by atoms with E-state index in [1.807, 2.05) is 12.4 Å². The molecule has 2 aliphatic carbocycles. The van der Waals surface area contributed by atoms with Gasteiger partial charge in [0.1, 0.15) is 11.3 Å². The summed E-state index contributed by atoms with van der Waals surface area (Å²) in [6.45, 7) is 9.68. The highest BCUT2D eigenvalue weighted by atomic mass is 16.2. The van der Waals surface area contributed by atoms with Crippen molar-refractivity contribution in [1.82, 2.24) is 19.4 Å². The van der Waals surface area contributed by atoms with Gasteiger partial charge in [-0.1, -0.05) is 12.1 Å². The molecular formula is C31H40N6O. The zero-order chi connectivity index (χ0) is 26.3. The Morgan fingerprint density at radius 3 is 2.42 bits per heavy atom. The third-order valence-corrected chi connectivity index (χ3v) is 10.1. The molecule has 0 radical (unpaired) electrons. The lowest BCUT2D eigenvalue weighted by atomic mass is 9.85. The molecule has 3 fully saturated rings. The van der Waals surface area contributed by atoms with Crippen molar-refractivity contribution in [2.24, 2.45) is 5.92 Å². The lowest BCUT2D eigenvalue weighted by Gasteiger charge is -2.41. The average Bonchev–Trinajstić information content (AvgIpc) is 3.67. The minimum Gasteiger partial charge on any atom is -0.382 e. The molecule has 2 aromatic heterocycles. The summed E-state index contributed by atoms with van der Waals surface area (Å²) in [7, 11) is 0. The van der Waals surface area contributed by atoms with E-state index in [0.717, 1.165) is 58.3 Å². The standard InChI is InChI=1S/C31H40N6O/c1-18(2)36-17-33-26-15-25(34-29(32)28(26)36)20-6-12-24-27(14-20)37(30(38)31(24,3)4)22-10-8-21(9-11-22)35-16-19-5-7-23(35)13-19/h6,12,14-15,17-19,21-23H,5,7-11,13,16H2,1-4H3,(H2,32,34)/t19-,21?,22?,23+/m0/s1. The van der Waals surface area contributed by atoms with Gasteiger partial charge in [0.2, 0.25) is 5.91 Å². The largest absolute Gasteiger partial charge is 0.382 e. The van der Waals surface area contributed by atoms with E-state index < -0.39 is 5.41 Å². The summed E-state index contributed by atoms with van der Waals surface area (Å²) in [5.74, 6) is 1.66. The van der Waals surface area contributed by atoms with Crippen LogP contribution < -0.4 is 10.6 Å². The predicted octanol–water partition coefficient (Wildman–Crippen LogP) is 5.68. The van der Waals surface area contributed by atoms with E-state index in [-0.39, 0.29) is 18.0 Å². The van der Waals surface area contributed by atoms with Crippen molar-refractivity contribution in [3.63, 3.8) is 0 Å². The predicted molar refractivity (Wildman–Crippen MR) is 152 cm³/mol. The number of pyridine rings is 1. The summed E-state index contributed by atoms with van der Waals surface area (Å²) in [6.07, 6.45) is 10.6. The Kier molecular flexibility index (Phi) is 5.42. The number of piperidine rings is 1. The van der Waals surface area contributed by atoms with Gasteiger partial charge in [-0.25, -0.2) is 9.97 Å². The van der Waals surface area contributed by atoms with Crippen LogP contribution in [0.25, 0.3) is 22.3 Å². The summed E-state index contributed by atoms with van der Waals surface area (Å²) >= 11 is 0. The first kappa shape index (κ1) is 24.1. The zero-order valence-corrected chi connectivity index (χ0v) is 23.2. The number of anilines is 2. The number of carbonyl (C=O) groups excluding carboxylic acids is 1. The third-order valence-electron chi connectivity index (χ3n) is 10.1. The molecule has 2 saturated carbocycles.